The van der Waals surface area contributed by atoms with Gasteiger partial charge in [-0.3, -0.25) is 9.29 Å². The molecule has 0 aliphatic carbocycles. The molecule has 2 heterocycles. The third-order valence-electron chi connectivity index (χ3n) is 4.73. The number of anilines is 1. The third-order valence-corrected chi connectivity index (χ3v) is 6.80. The van der Waals surface area contributed by atoms with Crippen LogP contribution in [-0.4, -0.2) is 40.8 Å². The molecule has 0 spiro atoms. The Kier molecular flexibility index (Phi) is 6.06. The summed E-state index contributed by atoms with van der Waals surface area (Å²) in [5.41, 5.74) is 0.532. The second-order valence-electron chi connectivity index (χ2n) is 6.69. The van der Waals surface area contributed by atoms with E-state index in [1.54, 1.807) is 30.3 Å². The van der Waals surface area contributed by atoms with E-state index in [0.717, 1.165) is 34.6 Å². The maximum absolute atomic E-state index is 14.9. The van der Waals surface area contributed by atoms with Gasteiger partial charge < -0.3 is 14.3 Å². The zero-order valence-electron chi connectivity index (χ0n) is 16.5. The van der Waals surface area contributed by atoms with Crippen molar-refractivity contribution in [3.05, 3.63) is 70.7 Å². The van der Waals surface area contributed by atoms with E-state index in [1.807, 2.05) is 0 Å². The quantitative estimate of drug-likeness (QED) is 0.367. The largest absolute Gasteiger partial charge is 0.420 e. The maximum Gasteiger partial charge on any atom is 0.420 e. The molecule has 0 amide bonds. The molecule has 1 unspecified atom stereocenters. The van der Waals surface area contributed by atoms with E-state index in [2.05, 4.69) is 14.1 Å². The predicted octanol–water partition coefficient (Wildman–Crippen LogP) is 2.33. The summed E-state index contributed by atoms with van der Waals surface area (Å²) in [7, 11) is -3.04. The number of hydrogen-bond acceptors (Lipinski definition) is 9. The van der Waals surface area contributed by atoms with Crippen LogP contribution in [0.3, 0.4) is 0 Å². The lowest BCUT2D eigenvalue weighted by atomic mass is 10.0. The van der Waals surface area contributed by atoms with Crippen LogP contribution in [0, 0.1) is 5.82 Å². The Balaban J connectivity index is 1.84. The summed E-state index contributed by atoms with van der Waals surface area (Å²) in [6.07, 6.45) is -0.0907. The van der Waals surface area contributed by atoms with Gasteiger partial charge in [0.05, 0.1) is 11.6 Å². The number of aliphatic hydroxyl groups is 1. The van der Waals surface area contributed by atoms with E-state index in [1.165, 1.54) is 7.11 Å². The van der Waals surface area contributed by atoms with Crippen LogP contribution >= 0.6 is 11.5 Å². The van der Waals surface area contributed by atoms with E-state index in [9.17, 15) is 22.7 Å². The molecule has 2 atom stereocenters. The maximum atomic E-state index is 14.9. The Labute approximate surface area is 185 Å². The van der Waals surface area contributed by atoms with E-state index in [4.69, 9.17) is 9.15 Å². The molecule has 2 N–H and O–H groups in total. The van der Waals surface area contributed by atoms with Gasteiger partial charge in [-0.25, -0.2) is 22.6 Å². The fraction of sp³-hybridized carbons (Fsp3) is 0.211. The minimum absolute atomic E-state index is 0.0273. The van der Waals surface area contributed by atoms with Crippen LogP contribution in [0.4, 0.5) is 9.52 Å². The number of benzene rings is 2. The lowest BCUT2D eigenvalue weighted by Crippen LogP contribution is -2.26. The number of aliphatic hydroxyl groups excluding tert-OH is 1. The average molecular weight is 480 g/mol. The number of halogens is 1. The van der Waals surface area contributed by atoms with Gasteiger partial charge in [-0.15, -0.1) is 0 Å². The van der Waals surface area contributed by atoms with Crippen molar-refractivity contribution in [2.75, 3.05) is 11.8 Å². The summed E-state index contributed by atoms with van der Waals surface area (Å²) >= 11 is 0.783. The Morgan fingerprint density at radius 3 is 2.72 bits per heavy atom. The number of aromatic nitrogens is 3. The Morgan fingerprint density at radius 1 is 1.31 bits per heavy atom. The van der Waals surface area contributed by atoms with E-state index in [0.29, 0.717) is 5.56 Å². The molecule has 168 valence electrons. The first-order valence-corrected chi connectivity index (χ1v) is 11.5. The van der Waals surface area contributed by atoms with Crippen LogP contribution in [-0.2, 0) is 14.8 Å². The SMILES string of the molecule is COC(O)C[C@H](c1ccccc1)n1c(=O)oc2cc(S(=O)(=O)Nc3ncns3)c(F)cc21. The second kappa shape index (κ2) is 8.78. The molecule has 4 aromatic rings. The molecule has 13 heteroatoms. The van der Waals surface area contributed by atoms with Gasteiger partial charge in [-0.05, 0) is 5.56 Å². The van der Waals surface area contributed by atoms with E-state index >= 15 is 0 Å². The molecule has 10 nitrogen and oxygen atoms in total. The fourth-order valence-corrected chi connectivity index (χ4v) is 5.01. The van der Waals surface area contributed by atoms with Crippen molar-refractivity contribution in [1.82, 2.24) is 13.9 Å². The molecular formula is C19H17FN4O6S2. The minimum atomic E-state index is -4.35. The normalized spacial score (nSPS) is 13.8. The Morgan fingerprint density at radius 2 is 2.06 bits per heavy atom. The highest BCUT2D eigenvalue weighted by atomic mass is 32.2. The van der Waals surface area contributed by atoms with Crippen molar-refractivity contribution in [2.24, 2.45) is 0 Å². The molecule has 0 saturated carbocycles. The van der Waals surface area contributed by atoms with Gasteiger partial charge in [0, 0.05) is 37.2 Å². The highest BCUT2D eigenvalue weighted by Gasteiger charge is 2.27. The molecule has 0 bridgehead atoms. The molecular weight excluding hydrogens is 463 g/mol. The second-order valence-corrected chi connectivity index (χ2v) is 9.12. The number of sulfonamides is 1. The average Bonchev–Trinajstić information content (AvgIpc) is 3.38. The number of oxazole rings is 1. The highest BCUT2D eigenvalue weighted by molar-refractivity contribution is 7.93. The van der Waals surface area contributed by atoms with Gasteiger partial charge >= 0.3 is 5.76 Å². The van der Waals surface area contributed by atoms with Crippen LogP contribution in [0.1, 0.15) is 18.0 Å². The number of hydrogen-bond donors (Lipinski definition) is 2. The minimum Gasteiger partial charge on any atom is -0.408 e. The molecule has 2 aromatic heterocycles. The van der Waals surface area contributed by atoms with Crippen molar-refractivity contribution in [3.63, 3.8) is 0 Å². The topological polar surface area (TPSA) is 137 Å². The van der Waals surface area contributed by atoms with Crippen LogP contribution in [0.15, 0.2) is 62.9 Å². The van der Waals surface area contributed by atoms with Crippen molar-refractivity contribution in [3.8, 4) is 0 Å². The zero-order chi connectivity index (χ0) is 22.9. The summed E-state index contributed by atoms with van der Waals surface area (Å²) in [6, 6.07) is 9.83. The summed E-state index contributed by atoms with van der Waals surface area (Å²) in [6.45, 7) is 0. The number of methoxy groups -OCH3 is 1. The molecule has 2 aromatic carbocycles. The smallest absolute Gasteiger partial charge is 0.408 e. The number of fused-ring (bicyclic) bond motifs is 1. The van der Waals surface area contributed by atoms with Crippen LogP contribution in [0.2, 0.25) is 0 Å². The Bertz CT molecular complexity index is 1390. The first kappa shape index (κ1) is 22.1. The summed E-state index contributed by atoms with van der Waals surface area (Å²) in [5.74, 6) is -1.94. The van der Waals surface area contributed by atoms with Crippen LogP contribution in [0.5, 0.6) is 0 Å². The number of nitrogens with one attached hydrogen (secondary N) is 1. The zero-order valence-corrected chi connectivity index (χ0v) is 18.1. The molecule has 0 aliphatic heterocycles. The summed E-state index contributed by atoms with van der Waals surface area (Å²) in [5, 5.41) is 10.00. The first-order valence-electron chi connectivity index (χ1n) is 9.20. The number of nitrogens with zero attached hydrogens (tertiary/aromatic N) is 3. The molecule has 0 saturated heterocycles. The van der Waals surface area contributed by atoms with Crippen molar-refractivity contribution in [2.45, 2.75) is 23.6 Å². The number of rotatable bonds is 8. The number of ether oxygens (including phenoxy) is 1. The lowest BCUT2D eigenvalue weighted by molar-refractivity contribution is -0.0835. The van der Waals surface area contributed by atoms with E-state index in [-0.39, 0.29) is 22.7 Å². The predicted molar refractivity (Wildman–Crippen MR) is 113 cm³/mol. The van der Waals surface area contributed by atoms with Gasteiger partial charge in [0.1, 0.15) is 17.0 Å². The monoisotopic (exact) mass is 480 g/mol. The standard InChI is InChI=1S/C19H17FN4O6S2/c1-29-17(25)8-13(11-5-3-2-4-6-11)24-14-7-12(20)16(9-15(14)30-19(24)26)32(27,28)23-18-21-10-22-31-18/h2-7,9-10,13,17,25H,8H2,1H3,(H,21,22,23)/t13-,17?/m1/s1. The molecule has 32 heavy (non-hydrogen) atoms. The van der Waals surface area contributed by atoms with Crippen molar-refractivity contribution in [1.29, 1.82) is 0 Å². The lowest BCUT2D eigenvalue weighted by Gasteiger charge is -2.21. The molecule has 0 radical (unpaired) electrons. The van der Waals surface area contributed by atoms with Crippen molar-refractivity contribution >= 4 is 37.8 Å². The van der Waals surface area contributed by atoms with Gasteiger partial charge in [-0.1, -0.05) is 30.3 Å². The van der Waals surface area contributed by atoms with Gasteiger partial charge in [0.2, 0.25) is 5.13 Å². The first-order chi connectivity index (χ1) is 15.3. The highest BCUT2D eigenvalue weighted by Crippen LogP contribution is 2.30. The van der Waals surface area contributed by atoms with Crippen LogP contribution in [0.25, 0.3) is 11.1 Å². The van der Waals surface area contributed by atoms with Gasteiger partial charge in [-0.2, -0.15) is 4.37 Å². The van der Waals surface area contributed by atoms with Crippen molar-refractivity contribution < 1.29 is 27.1 Å². The fourth-order valence-electron chi connectivity index (χ4n) is 3.28. The van der Waals surface area contributed by atoms with Gasteiger partial charge in [0.25, 0.3) is 10.0 Å². The summed E-state index contributed by atoms with van der Waals surface area (Å²) in [4.78, 5) is 15.7. The van der Waals surface area contributed by atoms with Crippen LogP contribution < -0.4 is 10.5 Å². The van der Waals surface area contributed by atoms with Gasteiger partial charge in [0.15, 0.2) is 11.9 Å². The molecule has 4 rings (SSSR count). The Hall–Kier alpha value is -3.13. The summed E-state index contributed by atoms with van der Waals surface area (Å²) < 4.78 is 57.3. The molecule has 0 fully saturated rings. The van der Waals surface area contributed by atoms with E-state index < -0.39 is 38.8 Å². The molecule has 0 aliphatic rings. The third kappa shape index (κ3) is 4.27.